The van der Waals surface area contributed by atoms with Crippen molar-refractivity contribution in [1.82, 2.24) is 0 Å². The molecule has 0 unspecified atom stereocenters. The monoisotopic (exact) mass is 582 g/mol. The van der Waals surface area contributed by atoms with Crippen LogP contribution in [0.15, 0.2) is 97.1 Å². The minimum absolute atomic E-state index is 0.132. The first-order valence-electron chi connectivity index (χ1n) is 13.7. The van der Waals surface area contributed by atoms with Gasteiger partial charge in [0.15, 0.2) is 17.6 Å². The first kappa shape index (κ1) is 27.9. The van der Waals surface area contributed by atoms with Crippen LogP contribution in [0.25, 0.3) is 0 Å². The van der Waals surface area contributed by atoms with Crippen molar-refractivity contribution in [2.24, 2.45) is 5.92 Å². The van der Waals surface area contributed by atoms with E-state index >= 15 is 0 Å². The minimum Gasteiger partial charge on any atom is -0.494 e. The van der Waals surface area contributed by atoms with E-state index < -0.39 is 41.7 Å². The zero-order chi connectivity index (χ0) is 30.1. The second-order valence-corrected chi connectivity index (χ2v) is 9.90. The Morgan fingerprint density at radius 1 is 0.860 bits per heavy atom. The fourth-order valence-corrected chi connectivity index (χ4v) is 5.36. The fraction of sp³-hybridized carbons (Fsp3) is 0.182. The van der Waals surface area contributed by atoms with Crippen LogP contribution in [-0.4, -0.2) is 37.6 Å². The Balaban J connectivity index is 1.34. The number of halogens is 1. The average molecular weight is 583 g/mol. The SMILES string of the molecule is CCOc1ccc(N2C(=O)[C@H]3[C@H](ON(c4ccccc4)[C@@H]3c3ccc(OC(=O)c4ccc(F)cc4)c(OC)c3)C2=O)cc1. The van der Waals surface area contributed by atoms with E-state index in [0.717, 1.165) is 4.90 Å². The van der Waals surface area contributed by atoms with Gasteiger partial charge in [-0.2, -0.15) is 0 Å². The zero-order valence-electron chi connectivity index (χ0n) is 23.3. The Morgan fingerprint density at radius 3 is 2.26 bits per heavy atom. The van der Waals surface area contributed by atoms with Crippen molar-refractivity contribution in [3.05, 3.63) is 114 Å². The average Bonchev–Trinajstić information content (AvgIpc) is 3.54. The van der Waals surface area contributed by atoms with Crippen LogP contribution in [0.5, 0.6) is 17.2 Å². The molecule has 0 spiro atoms. The van der Waals surface area contributed by atoms with Crippen LogP contribution in [-0.2, 0) is 14.4 Å². The molecule has 2 fully saturated rings. The van der Waals surface area contributed by atoms with Gasteiger partial charge in [0.2, 0.25) is 5.91 Å². The van der Waals surface area contributed by atoms with Crippen molar-refractivity contribution >= 4 is 29.2 Å². The molecule has 2 saturated heterocycles. The number of amides is 2. The summed E-state index contributed by atoms with van der Waals surface area (Å²) < 4.78 is 29.9. The van der Waals surface area contributed by atoms with Gasteiger partial charge in [0.1, 0.15) is 17.5 Å². The number of rotatable bonds is 8. The van der Waals surface area contributed by atoms with Gasteiger partial charge in [-0.15, -0.1) is 0 Å². The largest absolute Gasteiger partial charge is 0.494 e. The van der Waals surface area contributed by atoms with E-state index in [9.17, 15) is 18.8 Å². The molecule has 0 radical (unpaired) electrons. The lowest BCUT2D eigenvalue weighted by Crippen LogP contribution is -2.37. The molecule has 2 aliphatic heterocycles. The van der Waals surface area contributed by atoms with E-state index in [2.05, 4.69) is 0 Å². The molecule has 0 bridgehead atoms. The number of fused-ring (bicyclic) bond motifs is 1. The summed E-state index contributed by atoms with van der Waals surface area (Å²) in [6, 6.07) is 25.1. The molecule has 0 N–H and O–H groups in total. The lowest BCUT2D eigenvalue weighted by atomic mass is 9.90. The zero-order valence-corrected chi connectivity index (χ0v) is 23.3. The van der Waals surface area contributed by atoms with Crippen LogP contribution in [0.3, 0.4) is 0 Å². The molecule has 4 aromatic carbocycles. The molecular weight excluding hydrogens is 555 g/mol. The molecular formula is C33H27FN2O7. The second-order valence-electron chi connectivity index (χ2n) is 9.90. The van der Waals surface area contributed by atoms with Gasteiger partial charge < -0.3 is 14.2 Å². The number of imide groups is 1. The molecule has 0 aliphatic carbocycles. The van der Waals surface area contributed by atoms with Gasteiger partial charge in [-0.05, 0) is 85.3 Å². The van der Waals surface area contributed by atoms with E-state index in [4.69, 9.17) is 19.0 Å². The van der Waals surface area contributed by atoms with E-state index in [1.54, 1.807) is 47.5 Å². The summed E-state index contributed by atoms with van der Waals surface area (Å²) in [5, 5.41) is 1.57. The van der Waals surface area contributed by atoms with Crippen molar-refractivity contribution in [3.63, 3.8) is 0 Å². The molecule has 6 rings (SSSR count). The van der Waals surface area contributed by atoms with E-state index in [1.807, 2.05) is 37.3 Å². The minimum atomic E-state index is -1.06. The van der Waals surface area contributed by atoms with Crippen LogP contribution >= 0.6 is 0 Å². The highest BCUT2D eigenvalue weighted by Gasteiger charge is 2.60. The topological polar surface area (TPSA) is 94.6 Å². The van der Waals surface area contributed by atoms with Gasteiger partial charge in [0.25, 0.3) is 5.91 Å². The molecule has 0 aromatic heterocycles. The molecule has 218 valence electrons. The number of hydroxylamine groups is 1. The normalized spacial score (nSPS) is 19.4. The molecule has 9 nitrogen and oxygen atoms in total. The van der Waals surface area contributed by atoms with Gasteiger partial charge in [-0.1, -0.05) is 24.3 Å². The predicted octanol–water partition coefficient (Wildman–Crippen LogP) is 5.50. The lowest BCUT2D eigenvalue weighted by molar-refractivity contribution is -0.126. The Hall–Kier alpha value is -5.22. The summed E-state index contributed by atoms with van der Waals surface area (Å²) in [4.78, 5) is 47.7. The van der Waals surface area contributed by atoms with Gasteiger partial charge in [-0.3, -0.25) is 14.4 Å². The summed E-state index contributed by atoms with van der Waals surface area (Å²) in [6.45, 7) is 2.36. The summed E-state index contributed by atoms with van der Waals surface area (Å²) in [5.41, 5.74) is 1.84. The van der Waals surface area contributed by atoms with Crippen LogP contribution in [0.4, 0.5) is 15.8 Å². The number of anilines is 2. The molecule has 3 atom stereocenters. The predicted molar refractivity (Wildman–Crippen MR) is 154 cm³/mol. The molecule has 10 heteroatoms. The molecule has 4 aromatic rings. The first-order chi connectivity index (χ1) is 20.9. The third-order valence-corrected chi connectivity index (χ3v) is 7.34. The highest BCUT2D eigenvalue weighted by Crippen LogP contribution is 2.48. The Kier molecular flexibility index (Phi) is 7.52. The maximum Gasteiger partial charge on any atom is 0.343 e. The number of hydrogen-bond acceptors (Lipinski definition) is 8. The highest BCUT2D eigenvalue weighted by molar-refractivity contribution is 6.24. The maximum absolute atomic E-state index is 14.0. The van der Waals surface area contributed by atoms with Gasteiger partial charge in [-0.25, -0.2) is 19.1 Å². The van der Waals surface area contributed by atoms with Crippen LogP contribution in [0.1, 0.15) is 28.9 Å². The van der Waals surface area contributed by atoms with Gasteiger partial charge in [0, 0.05) is 0 Å². The molecule has 2 heterocycles. The third-order valence-electron chi connectivity index (χ3n) is 7.34. The smallest absolute Gasteiger partial charge is 0.343 e. The standard InChI is InChI=1S/C33H27FN2O7/c1-3-41-25-16-14-23(15-17-25)35-31(37)28-29(36(43-30(28)32(35)38)24-7-5-4-6-8-24)21-11-18-26(27(19-21)40-2)42-33(39)20-9-12-22(34)13-10-20/h4-19,28-30H,3H2,1-2H3/t28-,29-,30+/m1/s1. The Morgan fingerprint density at radius 2 is 1.58 bits per heavy atom. The maximum atomic E-state index is 14.0. The van der Waals surface area contributed by atoms with Crippen molar-refractivity contribution in [2.75, 3.05) is 23.7 Å². The molecule has 2 amide bonds. The number of ether oxygens (including phenoxy) is 3. The van der Waals surface area contributed by atoms with E-state index in [0.29, 0.717) is 29.3 Å². The fourth-order valence-electron chi connectivity index (χ4n) is 5.36. The third kappa shape index (κ3) is 5.17. The van der Waals surface area contributed by atoms with Crippen LogP contribution in [0, 0.1) is 11.7 Å². The first-order valence-corrected chi connectivity index (χ1v) is 13.7. The number of esters is 1. The van der Waals surface area contributed by atoms with E-state index in [-0.39, 0.29) is 17.1 Å². The summed E-state index contributed by atoms with van der Waals surface area (Å²) >= 11 is 0. The second kappa shape index (κ2) is 11.6. The number of hydrogen-bond donors (Lipinski definition) is 0. The lowest BCUT2D eigenvalue weighted by Gasteiger charge is -2.29. The van der Waals surface area contributed by atoms with Crippen LogP contribution < -0.4 is 24.2 Å². The summed E-state index contributed by atoms with van der Waals surface area (Å²) in [7, 11) is 1.43. The van der Waals surface area contributed by atoms with Crippen molar-refractivity contribution in [1.29, 1.82) is 0 Å². The number of carbonyl (C=O) groups is 3. The van der Waals surface area contributed by atoms with Crippen LogP contribution in [0.2, 0.25) is 0 Å². The molecule has 43 heavy (non-hydrogen) atoms. The van der Waals surface area contributed by atoms with E-state index in [1.165, 1.54) is 31.4 Å². The van der Waals surface area contributed by atoms with Gasteiger partial charge in [0.05, 0.1) is 36.7 Å². The number of nitrogens with zero attached hydrogens (tertiary/aromatic N) is 2. The van der Waals surface area contributed by atoms with Crippen molar-refractivity contribution < 1.29 is 37.8 Å². The Labute approximate surface area is 246 Å². The molecule has 0 saturated carbocycles. The summed E-state index contributed by atoms with van der Waals surface area (Å²) in [6.07, 6.45) is -1.06. The Bertz CT molecular complexity index is 1660. The number of methoxy groups -OCH3 is 1. The number of carbonyl (C=O) groups excluding carboxylic acids is 3. The number of benzene rings is 4. The molecule has 2 aliphatic rings. The number of para-hydroxylation sites is 1. The quantitative estimate of drug-likeness (QED) is 0.153. The van der Waals surface area contributed by atoms with Crippen molar-refractivity contribution in [2.45, 2.75) is 19.1 Å². The summed E-state index contributed by atoms with van der Waals surface area (Å²) in [5.74, 6) is -1.94. The van der Waals surface area contributed by atoms with Gasteiger partial charge >= 0.3 is 5.97 Å². The highest BCUT2D eigenvalue weighted by atomic mass is 19.1. The van der Waals surface area contributed by atoms with Crippen molar-refractivity contribution in [3.8, 4) is 17.2 Å².